The van der Waals surface area contributed by atoms with E-state index in [2.05, 4.69) is 6.58 Å². The molecule has 104 valence electrons. The molecule has 1 rings (SSSR count). The maximum atomic E-state index is 12.6. The highest BCUT2D eigenvalue weighted by Crippen LogP contribution is 2.33. The van der Waals surface area contributed by atoms with Gasteiger partial charge in [-0.3, -0.25) is 0 Å². The summed E-state index contributed by atoms with van der Waals surface area (Å²) in [5.41, 5.74) is -1.99. The van der Waals surface area contributed by atoms with Crippen molar-refractivity contribution in [2.24, 2.45) is 0 Å². The van der Waals surface area contributed by atoms with Crippen LogP contribution in [0.5, 0.6) is 5.75 Å². The standard InChI is InChI=1S/C13H13F3O3/c1-2-3-4-7-19-9-5-6-11(13(14,15)16)10(8-9)12(17)18/h2,5-6,8H,1,3-4,7H2,(H,17,18). The molecule has 6 heteroatoms. The second-order valence-electron chi connectivity index (χ2n) is 3.79. The van der Waals surface area contributed by atoms with E-state index in [9.17, 15) is 18.0 Å². The number of alkyl halides is 3. The molecule has 0 aliphatic rings. The van der Waals surface area contributed by atoms with E-state index in [1.807, 2.05) is 0 Å². The molecule has 0 heterocycles. The summed E-state index contributed by atoms with van der Waals surface area (Å²) in [6.07, 6.45) is -1.63. The number of carbonyl (C=O) groups is 1. The van der Waals surface area contributed by atoms with E-state index in [-0.39, 0.29) is 12.4 Å². The molecule has 0 saturated heterocycles. The van der Waals surface area contributed by atoms with Crippen LogP contribution < -0.4 is 4.74 Å². The Morgan fingerprint density at radius 2 is 2.11 bits per heavy atom. The summed E-state index contributed by atoms with van der Waals surface area (Å²) < 4.78 is 42.9. The van der Waals surface area contributed by atoms with E-state index >= 15 is 0 Å². The molecule has 0 atom stereocenters. The number of hydrogen-bond donors (Lipinski definition) is 1. The number of halogens is 3. The van der Waals surface area contributed by atoms with E-state index in [0.29, 0.717) is 18.9 Å². The third-order valence-electron chi connectivity index (χ3n) is 2.35. The van der Waals surface area contributed by atoms with Crippen LogP contribution in [0.3, 0.4) is 0 Å². The van der Waals surface area contributed by atoms with Crippen molar-refractivity contribution in [3.05, 3.63) is 42.0 Å². The van der Waals surface area contributed by atoms with Crippen molar-refractivity contribution >= 4 is 5.97 Å². The van der Waals surface area contributed by atoms with Gasteiger partial charge in [0, 0.05) is 0 Å². The molecule has 0 saturated carbocycles. The van der Waals surface area contributed by atoms with Crippen molar-refractivity contribution < 1.29 is 27.8 Å². The third kappa shape index (κ3) is 4.31. The Bertz CT molecular complexity index is 467. The van der Waals surface area contributed by atoms with E-state index in [1.165, 1.54) is 0 Å². The highest BCUT2D eigenvalue weighted by atomic mass is 19.4. The van der Waals surface area contributed by atoms with Gasteiger partial charge >= 0.3 is 12.1 Å². The molecule has 0 radical (unpaired) electrons. The smallest absolute Gasteiger partial charge is 0.417 e. The molecule has 0 spiro atoms. The maximum Gasteiger partial charge on any atom is 0.417 e. The molecule has 1 N–H and O–H groups in total. The number of ether oxygens (including phenoxy) is 1. The lowest BCUT2D eigenvalue weighted by Gasteiger charge is -2.12. The van der Waals surface area contributed by atoms with Crippen LogP contribution in [0.15, 0.2) is 30.9 Å². The lowest BCUT2D eigenvalue weighted by molar-refractivity contribution is -0.138. The molecule has 0 aliphatic carbocycles. The zero-order valence-corrected chi connectivity index (χ0v) is 10.0. The second kappa shape index (κ2) is 6.26. The highest BCUT2D eigenvalue weighted by Gasteiger charge is 2.35. The average molecular weight is 274 g/mol. The zero-order chi connectivity index (χ0) is 14.5. The Morgan fingerprint density at radius 3 is 2.63 bits per heavy atom. The number of carboxylic acids is 1. The van der Waals surface area contributed by atoms with Crippen LogP contribution in [0.1, 0.15) is 28.8 Å². The molecular weight excluding hydrogens is 261 g/mol. The van der Waals surface area contributed by atoms with Gasteiger partial charge in [0.25, 0.3) is 0 Å². The van der Waals surface area contributed by atoms with Gasteiger partial charge in [-0.2, -0.15) is 13.2 Å². The van der Waals surface area contributed by atoms with Gasteiger partial charge in [-0.1, -0.05) is 6.08 Å². The van der Waals surface area contributed by atoms with E-state index < -0.39 is 23.3 Å². The Balaban J connectivity index is 2.91. The largest absolute Gasteiger partial charge is 0.494 e. The predicted molar refractivity (Wildman–Crippen MR) is 63.3 cm³/mol. The fourth-order valence-electron chi connectivity index (χ4n) is 1.45. The first-order valence-electron chi connectivity index (χ1n) is 5.54. The van der Waals surface area contributed by atoms with Crippen LogP contribution in [-0.4, -0.2) is 17.7 Å². The fourth-order valence-corrected chi connectivity index (χ4v) is 1.45. The third-order valence-corrected chi connectivity index (χ3v) is 2.35. The Morgan fingerprint density at radius 1 is 1.42 bits per heavy atom. The SMILES string of the molecule is C=CCCCOc1ccc(C(F)(F)F)c(C(=O)O)c1. The Kier molecular flexibility index (Phi) is 4.97. The van der Waals surface area contributed by atoms with Gasteiger partial charge in [0.05, 0.1) is 17.7 Å². The second-order valence-corrected chi connectivity index (χ2v) is 3.79. The first kappa shape index (κ1) is 15.1. The summed E-state index contributed by atoms with van der Waals surface area (Å²) in [5, 5.41) is 8.79. The average Bonchev–Trinajstić information content (AvgIpc) is 2.33. The van der Waals surface area contributed by atoms with Gasteiger partial charge in [-0.15, -0.1) is 6.58 Å². The van der Waals surface area contributed by atoms with Crippen molar-refractivity contribution in [1.82, 2.24) is 0 Å². The van der Waals surface area contributed by atoms with Gasteiger partial charge in [-0.05, 0) is 31.0 Å². The molecule has 0 amide bonds. The van der Waals surface area contributed by atoms with Crippen LogP contribution in [0.4, 0.5) is 13.2 Å². The Hall–Kier alpha value is -1.98. The van der Waals surface area contributed by atoms with Crippen molar-refractivity contribution in [3.8, 4) is 5.75 Å². The minimum atomic E-state index is -4.70. The van der Waals surface area contributed by atoms with E-state index in [1.54, 1.807) is 6.08 Å². The quantitative estimate of drug-likeness (QED) is 0.634. The first-order chi connectivity index (χ1) is 8.86. The van der Waals surface area contributed by atoms with Gasteiger partial charge in [-0.25, -0.2) is 4.79 Å². The predicted octanol–water partition coefficient (Wildman–Crippen LogP) is 3.75. The van der Waals surface area contributed by atoms with Gasteiger partial charge in [0.1, 0.15) is 5.75 Å². The lowest BCUT2D eigenvalue weighted by Crippen LogP contribution is -2.13. The number of allylic oxidation sites excluding steroid dienone is 1. The molecule has 19 heavy (non-hydrogen) atoms. The minimum absolute atomic E-state index is 0.106. The summed E-state index contributed by atoms with van der Waals surface area (Å²) >= 11 is 0. The van der Waals surface area contributed by atoms with Gasteiger partial charge in [0.15, 0.2) is 0 Å². The van der Waals surface area contributed by atoms with E-state index in [4.69, 9.17) is 9.84 Å². The highest BCUT2D eigenvalue weighted by molar-refractivity contribution is 5.90. The van der Waals surface area contributed by atoms with Crippen LogP contribution in [0.2, 0.25) is 0 Å². The number of hydrogen-bond acceptors (Lipinski definition) is 2. The summed E-state index contributed by atoms with van der Waals surface area (Å²) in [5.74, 6) is -1.53. The monoisotopic (exact) mass is 274 g/mol. The van der Waals surface area contributed by atoms with E-state index in [0.717, 1.165) is 12.1 Å². The molecule has 1 aromatic carbocycles. The number of carboxylic acid groups (broad SMARTS) is 1. The normalized spacial score (nSPS) is 11.1. The number of aromatic carboxylic acids is 1. The molecule has 0 bridgehead atoms. The van der Waals surface area contributed by atoms with Crippen molar-refractivity contribution in [1.29, 1.82) is 0 Å². The molecule has 3 nitrogen and oxygen atoms in total. The molecule has 0 aliphatic heterocycles. The molecule has 0 unspecified atom stereocenters. The number of benzene rings is 1. The Labute approximate surface area is 108 Å². The van der Waals surface area contributed by atoms with Gasteiger partial charge < -0.3 is 9.84 Å². The van der Waals surface area contributed by atoms with Crippen LogP contribution in [0, 0.1) is 0 Å². The molecule has 0 fully saturated rings. The lowest BCUT2D eigenvalue weighted by atomic mass is 10.1. The molecule has 0 aromatic heterocycles. The van der Waals surface area contributed by atoms with Crippen LogP contribution in [0.25, 0.3) is 0 Å². The molecular formula is C13H13F3O3. The first-order valence-corrected chi connectivity index (χ1v) is 5.54. The summed E-state index contributed by atoms with van der Waals surface area (Å²) in [4.78, 5) is 10.8. The summed E-state index contributed by atoms with van der Waals surface area (Å²) in [6.45, 7) is 3.81. The topological polar surface area (TPSA) is 46.5 Å². The van der Waals surface area contributed by atoms with Crippen LogP contribution >= 0.6 is 0 Å². The fraction of sp³-hybridized carbons (Fsp3) is 0.308. The maximum absolute atomic E-state index is 12.6. The summed E-state index contributed by atoms with van der Waals surface area (Å²) in [6, 6.07) is 2.72. The zero-order valence-electron chi connectivity index (χ0n) is 10.0. The van der Waals surface area contributed by atoms with Crippen molar-refractivity contribution in [2.45, 2.75) is 19.0 Å². The van der Waals surface area contributed by atoms with Crippen LogP contribution in [-0.2, 0) is 6.18 Å². The van der Waals surface area contributed by atoms with Crippen molar-refractivity contribution in [2.75, 3.05) is 6.61 Å². The minimum Gasteiger partial charge on any atom is -0.494 e. The number of rotatable bonds is 6. The van der Waals surface area contributed by atoms with Crippen molar-refractivity contribution in [3.63, 3.8) is 0 Å². The summed E-state index contributed by atoms with van der Waals surface area (Å²) in [7, 11) is 0. The van der Waals surface area contributed by atoms with Gasteiger partial charge in [0.2, 0.25) is 0 Å². The molecule has 1 aromatic rings. The number of unbranched alkanes of at least 4 members (excludes halogenated alkanes) is 1.